The van der Waals surface area contributed by atoms with Crippen molar-refractivity contribution in [2.45, 2.75) is 0 Å². The van der Waals surface area contributed by atoms with Crippen molar-refractivity contribution in [2.24, 2.45) is 7.05 Å². The number of carbonyl (C=O) groups is 1. The first-order valence-electron chi connectivity index (χ1n) is 7.06. The molecule has 0 bridgehead atoms. The van der Waals surface area contributed by atoms with Gasteiger partial charge in [-0.3, -0.25) is 0 Å². The van der Waals surface area contributed by atoms with Crippen molar-refractivity contribution >= 4 is 17.0 Å². The molecule has 0 aliphatic rings. The highest BCUT2D eigenvalue weighted by Crippen LogP contribution is 2.18. The van der Waals surface area contributed by atoms with Crippen molar-refractivity contribution in [3.05, 3.63) is 54.4 Å². The van der Waals surface area contributed by atoms with Crippen molar-refractivity contribution < 1.29 is 9.53 Å². The van der Waals surface area contributed by atoms with Gasteiger partial charge >= 0.3 is 5.97 Å². The molecule has 118 valence electrons. The molecular weight excluding hydrogens is 310 g/mol. The van der Waals surface area contributed by atoms with E-state index in [-0.39, 0.29) is 0 Å². The van der Waals surface area contributed by atoms with Crippen LogP contribution in [0, 0.1) is 0 Å². The Hall–Kier alpha value is -3.62. The second-order valence-corrected chi connectivity index (χ2v) is 5.05. The molecule has 0 aliphatic heterocycles. The summed E-state index contributed by atoms with van der Waals surface area (Å²) < 4.78 is 8.52. The Kier molecular flexibility index (Phi) is 3.23. The number of aryl methyl sites for hydroxylation is 1. The average Bonchev–Trinajstić information content (AvgIpc) is 3.26. The molecule has 0 amide bonds. The van der Waals surface area contributed by atoms with Crippen LogP contribution in [0.25, 0.3) is 16.7 Å². The minimum Gasteiger partial charge on any atom is -0.423 e. The van der Waals surface area contributed by atoms with Crippen molar-refractivity contribution in [2.75, 3.05) is 0 Å². The van der Waals surface area contributed by atoms with Crippen LogP contribution >= 0.6 is 0 Å². The number of benzene rings is 2. The number of fused-ring (bicyclic) bond motifs is 1. The van der Waals surface area contributed by atoms with E-state index in [1.54, 1.807) is 54.2 Å². The maximum Gasteiger partial charge on any atom is 0.343 e. The summed E-state index contributed by atoms with van der Waals surface area (Å²) in [7, 11) is 1.79. The molecule has 2 heterocycles. The second-order valence-electron chi connectivity index (χ2n) is 5.05. The van der Waals surface area contributed by atoms with Gasteiger partial charge in [0.05, 0.1) is 16.8 Å². The molecule has 9 nitrogen and oxygen atoms in total. The van der Waals surface area contributed by atoms with E-state index in [1.165, 1.54) is 11.0 Å². The van der Waals surface area contributed by atoms with Crippen molar-refractivity contribution in [1.29, 1.82) is 0 Å². The van der Waals surface area contributed by atoms with Gasteiger partial charge in [-0.2, -0.15) is 0 Å². The van der Waals surface area contributed by atoms with Crippen LogP contribution in [0.4, 0.5) is 0 Å². The topological polar surface area (TPSA) is 101 Å². The molecule has 9 heteroatoms. The van der Waals surface area contributed by atoms with Crippen LogP contribution < -0.4 is 4.74 Å². The maximum atomic E-state index is 12.3. The number of tetrazole rings is 1. The molecule has 0 unspecified atom stereocenters. The van der Waals surface area contributed by atoms with Gasteiger partial charge in [0.1, 0.15) is 17.6 Å². The number of ether oxygens (including phenoxy) is 1. The predicted molar refractivity (Wildman–Crippen MR) is 82.6 cm³/mol. The minimum atomic E-state index is -0.460. The third kappa shape index (κ3) is 2.47. The Balaban J connectivity index is 1.54. The Morgan fingerprint density at radius 2 is 1.92 bits per heavy atom. The van der Waals surface area contributed by atoms with E-state index in [0.29, 0.717) is 16.8 Å². The number of esters is 1. The molecular formula is C15H11N7O2. The Labute approximate surface area is 135 Å². The van der Waals surface area contributed by atoms with Crippen LogP contribution in [-0.2, 0) is 7.05 Å². The third-order valence-corrected chi connectivity index (χ3v) is 3.51. The van der Waals surface area contributed by atoms with Crippen molar-refractivity contribution in [1.82, 2.24) is 35.2 Å². The SMILES string of the molecule is Cn1nnc2cc(C(=O)Oc3ccc(-n4cnnn4)cc3)ccc21. The summed E-state index contributed by atoms with van der Waals surface area (Å²) in [6.07, 6.45) is 1.48. The molecule has 0 radical (unpaired) electrons. The zero-order valence-corrected chi connectivity index (χ0v) is 12.6. The molecule has 0 saturated heterocycles. The van der Waals surface area contributed by atoms with Gasteiger partial charge in [0, 0.05) is 7.05 Å². The quantitative estimate of drug-likeness (QED) is 0.412. The van der Waals surface area contributed by atoms with E-state index in [2.05, 4.69) is 25.8 Å². The molecule has 24 heavy (non-hydrogen) atoms. The molecule has 4 aromatic rings. The largest absolute Gasteiger partial charge is 0.423 e. The van der Waals surface area contributed by atoms with Gasteiger partial charge in [-0.15, -0.1) is 10.2 Å². The summed E-state index contributed by atoms with van der Waals surface area (Å²) in [4.78, 5) is 12.3. The smallest absolute Gasteiger partial charge is 0.343 e. The lowest BCUT2D eigenvalue weighted by atomic mass is 10.2. The van der Waals surface area contributed by atoms with Crippen LogP contribution in [0.15, 0.2) is 48.8 Å². The highest BCUT2D eigenvalue weighted by atomic mass is 16.5. The van der Waals surface area contributed by atoms with E-state index < -0.39 is 5.97 Å². The molecule has 0 fully saturated rings. The number of rotatable bonds is 3. The van der Waals surface area contributed by atoms with Gasteiger partial charge < -0.3 is 4.74 Å². The van der Waals surface area contributed by atoms with Crippen LogP contribution in [0.5, 0.6) is 5.75 Å². The highest BCUT2D eigenvalue weighted by molar-refractivity contribution is 5.94. The van der Waals surface area contributed by atoms with E-state index in [0.717, 1.165) is 11.2 Å². The number of hydrogen-bond donors (Lipinski definition) is 0. The first-order chi connectivity index (χ1) is 11.7. The van der Waals surface area contributed by atoms with Gasteiger partial charge in [-0.25, -0.2) is 14.2 Å². The van der Waals surface area contributed by atoms with Gasteiger partial charge in [-0.1, -0.05) is 5.21 Å². The van der Waals surface area contributed by atoms with E-state index in [9.17, 15) is 4.79 Å². The third-order valence-electron chi connectivity index (χ3n) is 3.51. The van der Waals surface area contributed by atoms with E-state index >= 15 is 0 Å². The van der Waals surface area contributed by atoms with Crippen LogP contribution in [0.3, 0.4) is 0 Å². The Morgan fingerprint density at radius 3 is 2.67 bits per heavy atom. The molecule has 0 atom stereocenters. The summed E-state index contributed by atoms with van der Waals surface area (Å²) in [5.74, 6) is -0.0335. The lowest BCUT2D eigenvalue weighted by molar-refractivity contribution is 0.0735. The summed E-state index contributed by atoms with van der Waals surface area (Å²) in [6.45, 7) is 0. The predicted octanol–water partition coefficient (Wildman–Crippen LogP) is 1.16. The monoisotopic (exact) mass is 321 g/mol. The Morgan fingerprint density at radius 1 is 1.08 bits per heavy atom. The molecule has 4 rings (SSSR count). The number of carbonyl (C=O) groups excluding carboxylic acids is 1. The first-order valence-corrected chi connectivity index (χ1v) is 7.06. The molecule has 0 N–H and O–H groups in total. The lowest BCUT2D eigenvalue weighted by Gasteiger charge is -2.05. The fourth-order valence-corrected chi connectivity index (χ4v) is 2.28. The fraction of sp³-hybridized carbons (Fsp3) is 0.0667. The second kappa shape index (κ2) is 5.54. The van der Waals surface area contributed by atoms with E-state index in [4.69, 9.17) is 4.74 Å². The fourth-order valence-electron chi connectivity index (χ4n) is 2.28. The average molecular weight is 321 g/mol. The van der Waals surface area contributed by atoms with Gasteiger partial charge in [0.2, 0.25) is 0 Å². The van der Waals surface area contributed by atoms with Crippen molar-refractivity contribution in [3.8, 4) is 11.4 Å². The molecule has 0 spiro atoms. The summed E-state index contributed by atoms with van der Waals surface area (Å²) >= 11 is 0. The highest BCUT2D eigenvalue weighted by Gasteiger charge is 2.11. The first kappa shape index (κ1) is 14.0. The van der Waals surface area contributed by atoms with Crippen LogP contribution in [-0.4, -0.2) is 41.2 Å². The molecule has 2 aromatic carbocycles. The normalized spacial score (nSPS) is 10.9. The maximum absolute atomic E-state index is 12.3. The zero-order chi connectivity index (χ0) is 16.5. The van der Waals surface area contributed by atoms with E-state index in [1.807, 2.05) is 0 Å². The molecule has 0 saturated carbocycles. The van der Waals surface area contributed by atoms with Crippen LogP contribution in [0.1, 0.15) is 10.4 Å². The minimum absolute atomic E-state index is 0.410. The summed E-state index contributed by atoms with van der Waals surface area (Å²) in [5, 5.41) is 18.8. The molecule has 2 aromatic heterocycles. The number of hydrogen-bond acceptors (Lipinski definition) is 7. The van der Waals surface area contributed by atoms with Crippen LogP contribution in [0.2, 0.25) is 0 Å². The molecule has 0 aliphatic carbocycles. The number of aromatic nitrogens is 7. The summed E-state index contributed by atoms with van der Waals surface area (Å²) in [5.41, 5.74) is 2.66. The zero-order valence-electron chi connectivity index (χ0n) is 12.6. The standard InChI is InChI=1S/C15H11N7O2/c1-21-14-7-2-10(8-13(14)17-19-21)15(23)24-12-5-3-11(4-6-12)22-9-16-18-20-22/h2-9H,1H3. The Bertz CT molecular complexity index is 1010. The lowest BCUT2D eigenvalue weighted by Crippen LogP contribution is -2.08. The summed E-state index contributed by atoms with van der Waals surface area (Å²) in [6, 6.07) is 12.0. The van der Waals surface area contributed by atoms with Crippen molar-refractivity contribution in [3.63, 3.8) is 0 Å². The van der Waals surface area contributed by atoms with Gasteiger partial charge in [-0.05, 0) is 52.9 Å². The number of nitrogens with zero attached hydrogens (tertiary/aromatic N) is 7. The van der Waals surface area contributed by atoms with Gasteiger partial charge in [0.15, 0.2) is 0 Å². The van der Waals surface area contributed by atoms with Gasteiger partial charge in [0.25, 0.3) is 0 Å².